The lowest BCUT2D eigenvalue weighted by molar-refractivity contribution is -0.155. The van der Waals surface area contributed by atoms with Gasteiger partial charge in [-0.25, -0.2) is 9.78 Å². The van der Waals surface area contributed by atoms with Crippen LogP contribution in [-0.4, -0.2) is 24.7 Å². The van der Waals surface area contributed by atoms with Crippen molar-refractivity contribution in [3.8, 4) is 5.75 Å². The van der Waals surface area contributed by atoms with Gasteiger partial charge in [-0.3, -0.25) is 0 Å². The number of hydrogen-bond donors (Lipinski definition) is 0. The second-order valence-electron chi connectivity index (χ2n) is 5.09. The van der Waals surface area contributed by atoms with Gasteiger partial charge in [0.1, 0.15) is 12.4 Å². The van der Waals surface area contributed by atoms with Gasteiger partial charge in [0.05, 0.1) is 13.7 Å². The number of hydrogen-bond acceptors (Lipinski definition) is 5. The molecule has 1 aromatic heterocycles. The van der Waals surface area contributed by atoms with E-state index in [0.29, 0.717) is 24.3 Å². The lowest BCUT2D eigenvalue weighted by Crippen LogP contribution is -2.24. The molecule has 0 amide bonds. The summed E-state index contributed by atoms with van der Waals surface area (Å²) in [7, 11) is 1.32. The van der Waals surface area contributed by atoms with E-state index in [1.54, 1.807) is 24.3 Å². The zero-order valence-electron chi connectivity index (χ0n) is 12.6. The number of nitrogens with zero attached hydrogens (tertiary/aromatic N) is 1. The number of methoxy groups -OCH3 is 1. The number of carbonyl (C=O) groups is 1. The SMILES string of the molecule is COC(=O)C1OCCc2c(OCc3cccnc3F)cccc21. The van der Waals surface area contributed by atoms with Gasteiger partial charge in [0.2, 0.25) is 5.95 Å². The van der Waals surface area contributed by atoms with Crippen molar-refractivity contribution in [1.82, 2.24) is 4.98 Å². The van der Waals surface area contributed by atoms with Gasteiger partial charge in [0, 0.05) is 17.3 Å². The molecule has 120 valence electrons. The molecule has 0 aliphatic carbocycles. The molecule has 1 aliphatic rings. The fraction of sp³-hybridized carbons (Fsp3) is 0.294. The van der Waals surface area contributed by atoms with Crippen LogP contribution in [0, 0.1) is 5.95 Å². The van der Waals surface area contributed by atoms with Gasteiger partial charge in [0.25, 0.3) is 0 Å². The maximum Gasteiger partial charge on any atom is 0.339 e. The quantitative estimate of drug-likeness (QED) is 0.641. The third-order valence-electron chi connectivity index (χ3n) is 3.72. The molecule has 3 rings (SSSR count). The Labute approximate surface area is 133 Å². The van der Waals surface area contributed by atoms with Crippen LogP contribution in [0.25, 0.3) is 0 Å². The Morgan fingerprint density at radius 1 is 1.39 bits per heavy atom. The Kier molecular flexibility index (Phi) is 4.52. The van der Waals surface area contributed by atoms with Crippen LogP contribution in [0.2, 0.25) is 0 Å². The second kappa shape index (κ2) is 6.75. The molecule has 0 fully saturated rings. The zero-order chi connectivity index (χ0) is 16.2. The minimum absolute atomic E-state index is 0.0693. The summed E-state index contributed by atoms with van der Waals surface area (Å²) in [5.74, 6) is -0.377. The molecule has 1 unspecified atom stereocenters. The highest BCUT2D eigenvalue weighted by molar-refractivity contribution is 5.77. The van der Waals surface area contributed by atoms with E-state index in [1.807, 2.05) is 6.07 Å². The largest absolute Gasteiger partial charge is 0.488 e. The first kappa shape index (κ1) is 15.4. The van der Waals surface area contributed by atoms with Crippen LogP contribution in [0.1, 0.15) is 22.8 Å². The highest BCUT2D eigenvalue weighted by atomic mass is 19.1. The number of ether oxygens (including phenoxy) is 3. The van der Waals surface area contributed by atoms with Crippen molar-refractivity contribution in [2.24, 2.45) is 0 Å². The lowest BCUT2D eigenvalue weighted by Gasteiger charge is -2.25. The van der Waals surface area contributed by atoms with Crippen molar-refractivity contribution in [1.29, 1.82) is 0 Å². The molecule has 2 heterocycles. The Bertz CT molecular complexity index is 719. The fourth-order valence-electron chi connectivity index (χ4n) is 2.58. The summed E-state index contributed by atoms with van der Waals surface area (Å²) >= 11 is 0. The molecule has 1 atom stereocenters. The summed E-state index contributed by atoms with van der Waals surface area (Å²) in [4.78, 5) is 15.4. The van der Waals surface area contributed by atoms with E-state index in [1.165, 1.54) is 13.3 Å². The van der Waals surface area contributed by atoms with Gasteiger partial charge < -0.3 is 14.2 Å². The van der Waals surface area contributed by atoms with Crippen molar-refractivity contribution in [2.45, 2.75) is 19.1 Å². The molecule has 0 N–H and O–H groups in total. The number of esters is 1. The molecule has 2 aromatic rings. The minimum Gasteiger partial charge on any atom is -0.488 e. The van der Waals surface area contributed by atoms with Crippen LogP contribution in [0.15, 0.2) is 36.5 Å². The third-order valence-corrected chi connectivity index (χ3v) is 3.72. The zero-order valence-corrected chi connectivity index (χ0v) is 12.6. The molecule has 6 heteroatoms. The molecule has 23 heavy (non-hydrogen) atoms. The molecule has 1 aliphatic heterocycles. The van der Waals surface area contributed by atoms with Gasteiger partial charge in [0.15, 0.2) is 6.10 Å². The lowest BCUT2D eigenvalue weighted by atomic mass is 9.96. The number of benzene rings is 1. The normalized spacial score (nSPS) is 16.5. The molecule has 1 aromatic carbocycles. The van der Waals surface area contributed by atoms with Crippen LogP contribution < -0.4 is 4.74 Å². The van der Waals surface area contributed by atoms with Crippen LogP contribution in [-0.2, 0) is 27.3 Å². The summed E-state index contributed by atoms with van der Waals surface area (Å²) in [6.07, 6.45) is 1.26. The topological polar surface area (TPSA) is 57.7 Å². The molecule has 0 bridgehead atoms. The van der Waals surface area contributed by atoms with Gasteiger partial charge in [-0.05, 0) is 30.2 Å². The van der Waals surface area contributed by atoms with Crippen LogP contribution in [0.5, 0.6) is 5.75 Å². The molecule has 5 nitrogen and oxygen atoms in total. The maximum atomic E-state index is 13.6. The van der Waals surface area contributed by atoms with Gasteiger partial charge >= 0.3 is 5.97 Å². The highest BCUT2D eigenvalue weighted by Gasteiger charge is 2.30. The third kappa shape index (κ3) is 3.17. The van der Waals surface area contributed by atoms with E-state index in [2.05, 4.69) is 4.98 Å². The fourth-order valence-corrected chi connectivity index (χ4v) is 2.58. The van der Waals surface area contributed by atoms with Gasteiger partial charge in [-0.15, -0.1) is 0 Å². The van der Waals surface area contributed by atoms with E-state index in [-0.39, 0.29) is 6.61 Å². The average Bonchev–Trinajstić information content (AvgIpc) is 2.60. The van der Waals surface area contributed by atoms with E-state index in [9.17, 15) is 9.18 Å². The first-order valence-corrected chi connectivity index (χ1v) is 7.24. The molecule has 0 saturated heterocycles. The number of halogens is 1. The summed E-state index contributed by atoms with van der Waals surface area (Å²) in [5, 5.41) is 0. The van der Waals surface area contributed by atoms with Gasteiger partial charge in [-0.1, -0.05) is 12.1 Å². The summed E-state index contributed by atoms with van der Waals surface area (Å²) in [6.45, 7) is 0.467. The maximum absolute atomic E-state index is 13.6. The predicted octanol–water partition coefficient (Wildman–Crippen LogP) is 2.59. The van der Waals surface area contributed by atoms with E-state index < -0.39 is 18.0 Å². The van der Waals surface area contributed by atoms with Crippen molar-refractivity contribution < 1.29 is 23.4 Å². The number of aromatic nitrogens is 1. The molecule has 0 spiro atoms. The standard InChI is InChI=1S/C17H16FNO4/c1-21-17(20)15-13-5-2-6-14(12(13)7-9-22-15)23-10-11-4-3-8-19-16(11)18/h2-6,8,15H,7,9-10H2,1H3. The Hall–Kier alpha value is -2.47. The average molecular weight is 317 g/mol. The Balaban J connectivity index is 1.84. The number of carbonyl (C=O) groups excluding carboxylic acids is 1. The Morgan fingerprint density at radius 3 is 3.04 bits per heavy atom. The summed E-state index contributed by atoms with van der Waals surface area (Å²) in [6, 6.07) is 8.67. The molecular formula is C17H16FNO4. The monoisotopic (exact) mass is 317 g/mol. The van der Waals surface area contributed by atoms with Crippen LogP contribution in [0.3, 0.4) is 0 Å². The first-order chi connectivity index (χ1) is 11.2. The van der Waals surface area contributed by atoms with Crippen molar-refractivity contribution in [3.05, 3.63) is 59.2 Å². The summed E-state index contributed by atoms with van der Waals surface area (Å²) in [5.41, 5.74) is 1.99. The second-order valence-corrected chi connectivity index (χ2v) is 5.09. The van der Waals surface area contributed by atoms with Gasteiger partial charge in [-0.2, -0.15) is 4.39 Å². The predicted molar refractivity (Wildman–Crippen MR) is 79.4 cm³/mol. The number of rotatable bonds is 4. The van der Waals surface area contributed by atoms with E-state index in [4.69, 9.17) is 14.2 Å². The molecule has 0 saturated carbocycles. The minimum atomic E-state index is -0.748. The first-order valence-electron chi connectivity index (χ1n) is 7.24. The number of fused-ring (bicyclic) bond motifs is 1. The van der Waals surface area contributed by atoms with E-state index in [0.717, 1.165) is 11.1 Å². The van der Waals surface area contributed by atoms with Crippen LogP contribution in [0.4, 0.5) is 4.39 Å². The summed E-state index contributed by atoms with van der Waals surface area (Å²) < 4.78 is 29.6. The number of pyridine rings is 1. The van der Waals surface area contributed by atoms with Crippen molar-refractivity contribution in [3.63, 3.8) is 0 Å². The highest BCUT2D eigenvalue weighted by Crippen LogP contribution is 2.34. The van der Waals surface area contributed by atoms with Crippen molar-refractivity contribution >= 4 is 5.97 Å². The molecule has 0 radical (unpaired) electrons. The Morgan fingerprint density at radius 2 is 2.26 bits per heavy atom. The molecular weight excluding hydrogens is 301 g/mol. The van der Waals surface area contributed by atoms with E-state index >= 15 is 0 Å². The smallest absolute Gasteiger partial charge is 0.339 e. The van der Waals surface area contributed by atoms with Crippen molar-refractivity contribution in [2.75, 3.05) is 13.7 Å². The van der Waals surface area contributed by atoms with Crippen LogP contribution >= 0.6 is 0 Å².